The Kier molecular flexibility index (Phi) is 4.41. The molecule has 0 saturated carbocycles. The highest BCUT2D eigenvalue weighted by atomic mass is 32.2. The highest BCUT2D eigenvalue weighted by molar-refractivity contribution is 7.92. The van der Waals surface area contributed by atoms with E-state index in [1.54, 1.807) is 43.3 Å². The summed E-state index contributed by atoms with van der Waals surface area (Å²) in [5.41, 5.74) is 1.96. The summed E-state index contributed by atoms with van der Waals surface area (Å²) in [5.74, 6) is 0.323. The Labute approximate surface area is 145 Å². The van der Waals surface area contributed by atoms with E-state index >= 15 is 0 Å². The van der Waals surface area contributed by atoms with Gasteiger partial charge in [0.05, 0.1) is 10.6 Å². The average Bonchev–Trinajstić information content (AvgIpc) is 3.01. The van der Waals surface area contributed by atoms with Crippen molar-refractivity contribution in [1.82, 2.24) is 4.98 Å². The minimum absolute atomic E-state index is 0.0924. The number of nitrogens with zero attached hydrogens (tertiary/aromatic N) is 1. The van der Waals surface area contributed by atoms with Crippen LogP contribution in [0.1, 0.15) is 23.2 Å². The molecule has 3 rings (SSSR count). The van der Waals surface area contributed by atoms with Crippen LogP contribution < -0.4 is 4.72 Å². The number of hydrogen-bond acceptors (Lipinski definition) is 5. The molecule has 0 bridgehead atoms. The molecule has 128 valence electrons. The third kappa shape index (κ3) is 3.61. The summed E-state index contributed by atoms with van der Waals surface area (Å²) in [6.45, 7) is 3.13. The van der Waals surface area contributed by atoms with Crippen LogP contribution in [0.15, 0.2) is 64.1 Å². The van der Waals surface area contributed by atoms with Crippen LogP contribution in [-0.4, -0.2) is 19.2 Å². The molecule has 0 fully saturated rings. The molecular formula is C18H16N2O4S. The molecule has 0 aliphatic heterocycles. The molecule has 6 nitrogen and oxygen atoms in total. The highest BCUT2D eigenvalue weighted by Crippen LogP contribution is 2.23. The summed E-state index contributed by atoms with van der Waals surface area (Å²) in [6.07, 6.45) is 1.51. The van der Waals surface area contributed by atoms with E-state index in [2.05, 4.69) is 9.71 Å². The number of carbonyl (C=O) groups excluding carboxylic acids is 1. The van der Waals surface area contributed by atoms with Gasteiger partial charge in [-0.2, -0.15) is 0 Å². The summed E-state index contributed by atoms with van der Waals surface area (Å²) in [4.78, 5) is 15.9. The molecule has 7 heteroatoms. The molecule has 0 spiro atoms. The standard InChI is InChI=1S/C18H16N2O4S/c1-12(21)16-5-3-4-6-17(16)20-25(22,23)15-9-7-14(8-10-15)18-11-24-13(2)19-18/h3-11,20H,1-2H3. The Morgan fingerprint density at radius 1 is 1.08 bits per heavy atom. The first-order valence-corrected chi connectivity index (χ1v) is 9.00. The molecule has 1 N–H and O–H groups in total. The van der Waals surface area contributed by atoms with Crippen molar-refractivity contribution in [3.05, 3.63) is 66.2 Å². The number of rotatable bonds is 5. The van der Waals surface area contributed by atoms with Gasteiger partial charge in [0.15, 0.2) is 11.7 Å². The molecule has 0 atom stereocenters. The number of anilines is 1. The second-order valence-electron chi connectivity index (χ2n) is 5.48. The van der Waals surface area contributed by atoms with Gasteiger partial charge in [-0.25, -0.2) is 13.4 Å². The van der Waals surface area contributed by atoms with Gasteiger partial charge in [-0.3, -0.25) is 9.52 Å². The predicted octanol–water partition coefficient (Wildman–Crippen LogP) is 3.65. The lowest BCUT2D eigenvalue weighted by Gasteiger charge is -2.11. The maximum Gasteiger partial charge on any atom is 0.261 e. The van der Waals surface area contributed by atoms with E-state index in [0.29, 0.717) is 17.1 Å². The van der Waals surface area contributed by atoms with Crippen molar-refractivity contribution in [2.45, 2.75) is 18.7 Å². The van der Waals surface area contributed by atoms with Crippen molar-refractivity contribution in [3.63, 3.8) is 0 Å². The SMILES string of the molecule is CC(=O)c1ccccc1NS(=O)(=O)c1ccc(-c2coc(C)n2)cc1. The molecule has 0 aliphatic rings. The lowest BCUT2D eigenvalue weighted by atomic mass is 10.1. The van der Waals surface area contributed by atoms with Gasteiger partial charge < -0.3 is 4.42 Å². The van der Waals surface area contributed by atoms with E-state index in [0.717, 1.165) is 5.56 Å². The number of benzene rings is 2. The first-order valence-electron chi connectivity index (χ1n) is 7.52. The van der Waals surface area contributed by atoms with Gasteiger partial charge in [0, 0.05) is 18.1 Å². The fraction of sp³-hybridized carbons (Fsp3) is 0.111. The fourth-order valence-corrected chi connectivity index (χ4v) is 3.46. The van der Waals surface area contributed by atoms with Crippen LogP contribution >= 0.6 is 0 Å². The van der Waals surface area contributed by atoms with Gasteiger partial charge in [0.25, 0.3) is 10.0 Å². The average molecular weight is 356 g/mol. The van der Waals surface area contributed by atoms with Gasteiger partial charge in [-0.1, -0.05) is 24.3 Å². The molecule has 0 radical (unpaired) electrons. The van der Waals surface area contributed by atoms with Crippen molar-refractivity contribution in [3.8, 4) is 11.3 Å². The zero-order valence-electron chi connectivity index (χ0n) is 13.7. The molecule has 3 aromatic rings. The van der Waals surface area contributed by atoms with E-state index in [1.165, 1.54) is 25.3 Å². The number of aromatic nitrogens is 1. The minimum atomic E-state index is -3.81. The number of oxazole rings is 1. The number of hydrogen-bond donors (Lipinski definition) is 1. The zero-order valence-corrected chi connectivity index (χ0v) is 14.5. The lowest BCUT2D eigenvalue weighted by molar-refractivity contribution is 0.101. The molecule has 1 aromatic heterocycles. The molecular weight excluding hydrogens is 340 g/mol. The molecule has 0 amide bonds. The van der Waals surface area contributed by atoms with Crippen molar-refractivity contribution < 1.29 is 17.6 Å². The predicted molar refractivity (Wildman–Crippen MR) is 93.9 cm³/mol. The normalized spacial score (nSPS) is 11.3. The van der Waals surface area contributed by atoms with Gasteiger partial charge in [0.2, 0.25) is 0 Å². The van der Waals surface area contributed by atoms with E-state index in [1.807, 2.05) is 0 Å². The summed E-state index contributed by atoms with van der Waals surface area (Å²) in [5, 5.41) is 0. The van der Waals surface area contributed by atoms with Gasteiger partial charge >= 0.3 is 0 Å². The number of aryl methyl sites for hydroxylation is 1. The molecule has 0 aliphatic carbocycles. The highest BCUT2D eigenvalue weighted by Gasteiger charge is 2.17. The first kappa shape index (κ1) is 16.9. The maximum atomic E-state index is 12.6. The number of nitrogens with one attached hydrogen (secondary N) is 1. The molecule has 25 heavy (non-hydrogen) atoms. The lowest BCUT2D eigenvalue weighted by Crippen LogP contribution is -2.15. The van der Waals surface area contributed by atoms with Gasteiger partial charge in [0.1, 0.15) is 12.0 Å². The summed E-state index contributed by atoms with van der Waals surface area (Å²) in [6, 6.07) is 12.8. The summed E-state index contributed by atoms with van der Waals surface area (Å²) < 4.78 is 32.8. The quantitative estimate of drug-likeness (QED) is 0.705. The molecule has 1 heterocycles. The Balaban J connectivity index is 1.89. The van der Waals surface area contributed by atoms with Crippen molar-refractivity contribution >= 4 is 21.5 Å². The Morgan fingerprint density at radius 3 is 2.36 bits per heavy atom. The number of Topliss-reactive ketones (excluding diaryl/α,β-unsaturated/α-hetero) is 1. The smallest absolute Gasteiger partial charge is 0.261 e. The molecule has 0 saturated heterocycles. The number of ketones is 1. The van der Waals surface area contributed by atoms with Crippen LogP contribution in [0.4, 0.5) is 5.69 Å². The van der Waals surface area contributed by atoms with Gasteiger partial charge in [-0.15, -0.1) is 0 Å². The second kappa shape index (κ2) is 6.52. The first-order chi connectivity index (χ1) is 11.9. The summed E-state index contributed by atoms with van der Waals surface area (Å²) >= 11 is 0. The molecule has 0 unspecified atom stereocenters. The van der Waals surface area contributed by atoms with Crippen molar-refractivity contribution in [2.75, 3.05) is 4.72 Å². The van der Waals surface area contributed by atoms with Crippen molar-refractivity contribution in [2.24, 2.45) is 0 Å². The van der Waals surface area contributed by atoms with E-state index in [4.69, 9.17) is 4.42 Å². The number of carbonyl (C=O) groups is 1. The monoisotopic (exact) mass is 356 g/mol. The number of sulfonamides is 1. The van der Waals surface area contributed by atoms with Crippen LogP contribution in [0.5, 0.6) is 0 Å². The zero-order chi connectivity index (χ0) is 18.0. The third-order valence-electron chi connectivity index (χ3n) is 3.63. The van der Waals surface area contributed by atoms with E-state index in [-0.39, 0.29) is 16.4 Å². The van der Waals surface area contributed by atoms with E-state index in [9.17, 15) is 13.2 Å². The largest absolute Gasteiger partial charge is 0.449 e. The topological polar surface area (TPSA) is 89.3 Å². The molecule has 2 aromatic carbocycles. The Bertz CT molecular complexity index is 1020. The second-order valence-corrected chi connectivity index (χ2v) is 7.17. The van der Waals surface area contributed by atoms with Crippen LogP contribution in [0.3, 0.4) is 0 Å². The minimum Gasteiger partial charge on any atom is -0.449 e. The van der Waals surface area contributed by atoms with Gasteiger partial charge in [-0.05, 0) is 31.2 Å². The fourth-order valence-electron chi connectivity index (χ4n) is 2.38. The maximum absolute atomic E-state index is 12.6. The summed E-state index contributed by atoms with van der Waals surface area (Å²) in [7, 11) is -3.81. The number of para-hydroxylation sites is 1. The Hall–Kier alpha value is -2.93. The van der Waals surface area contributed by atoms with Crippen molar-refractivity contribution in [1.29, 1.82) is 0 Å². The van der Waals surface area contributed by atoms with Crippen LogP contribution in [0.2, 0.25) is 0 Å². The third-order valence-corrected chi connectivity index (χ3v) is 5.01. The van der Waals surface area contributed by atoms with E-state index < -0.39 is 10.0 Å². The van der Waals surface area contributed by atoms with Crippen LogP contribution in [0, 0.1) is 6.92 Å². The van der Waals surface area contributed by atoms with Crippen LogP contribution in [-0.2, 0) is 10.0 Å². The Morgan fingerprint density at radius 2 is 1.76 bits per heavy atom. The van der Waals surface area contributed by atoms with Crippen LogP contribution in [0.25, 0.3) is 11.3 Å².